The van der Waals surface area contributed by atoms with Crippen LogP contribution in [0.5, 0.6) is 0 Å². The predicted octanol–water partition coefficient (Wildman–Crippen LogP) is 1.93. The minimum absolute atomic E-state index is 0.317. The summed E-state index contributed by atoms with van der Waals surface area (Å²) in [5.74, 6) is -0.838. The lowest BCUT2D eigenvalue weighted by atomic mass is 10.0. The van der Waals surface area contributed by atoms with Crippen LogP contribution in [0.25, 0.3) is 11.4 Å². The lowest BCUT2D eigenvalue weighted by Gasteiger charge is -2.17. The maximum Gasteiger partial charge on any atom is 0.308 e. The van der Waals surface area contributed by atoms with E-state index in [1.54, 1.807) is 18.5 Å². The zero-order chi connectivity index (χ0) is 14.0. The molecule has 0 aliphatic heterocycles. The molecule has 1 heterocycles. The van der Waals surface area contributed by atoms with E-state index < -0.39 is 11.9 Å². The Labute approximate surface area is 111 Å². The maximum absolute atomic E-state index is 11.1. The number of tetrazole rings is 1. The van der Waals surface area contributed by atoms with Crippen LogP contribution in [0.15, 0.2) is 24.3 Å². The molecule has 1 aromatic heterocycles. The molecule has 0 bridgehead atoms. The van der Waals surface area contributed by atoms with Gasteiger partial charge in [0.15, 0.2) is 5.82 Å². The van der Waals surface area contributed by atoms with E-state index in [0.29, 0.717) is 5.82 Å². The zero-order valence-electron chi connectivity index (χ0n) is 11.1. The van der Waals surface area contributed by atoms with Crippen LogP contribution < -0.4 is 0 Å². The summed E-state index contributed by atoms with van der Waals surface area (Å²) in [6, 6.07) is 7.48. The van der Waals surface area contributed by atoms with Gasteiger partial charge in [-0.3, -0.25) is 4.79 Å². The van der Waals surface area contributed by atoms with E-state index in [0.717, 1.165) is 11.1 Å². The minimum Gasteiger partial charge on any atom is -0.481 e. The maximum atomic E-state index is 11.1. The molecule has 0 fully saturated rings. The average molecular weight is 260 g/mol. The summed E-state index contributed by atoms with van der Waals surface area (Å²) in [6.07, 6.45) is 0. The quantitative estimate of drug-likeness (QED) is 0.908. The summed E-state index contributed by atoms with van der Waals surface area (Å²) in [5, 5.41) is 20.7. The Kier molecular flexibility index (Phi) is 3.59. The smallest absolute Gasteiger partial charge is 0.308 e. The molecular weight excluding hydrogens is 244 g/mol. The van der Waals surface area contributed by atoms with Crippen LogP contribution in [0.1, 0.15) is 25.5 Å². The van der Waals surface area contributed by atoms with Crippen LogP contribution in [0.4, 0.5) is 0 Å². The number of aliphatic carboxylic acids is 1. The Bertz CT molecular complexity index is 594. The first-order chi connectivity index (χ1) is 9.00. The number of benzene rings is 1. The number of nitrogens with zero attached hydrogens (tertiary/aromatic N) is 4. The third-order valence-electron chi connectivity index (χ3n) is 3.27. The van der Waals surface area contributed by atoms with Crippen LogP contribution in [0, 0.1) is 12.8 Å². The van der Waals surface area contributed by atoms with Gasteiger partial charge in [-0.2, -0.15) is 0 Å². The van der Waals surface area contributed by atoms with Gasteiger partial charge in [-0.1, -0.05) is 23.8 Å². The fourth-order valence-corrected chi connectivity index (χ4v) is 1.86. The standard InChI is InChI=1S/C13H16N4O2/c1-8-5-4-6-11(7-8)12-14-15-16-17(12)10(3)9(2)13(18)19/h4-7,9-10H,1-3H3,(H,18,19). The van der Waals surface area contributed by atoms with Gasteiger partial charge in [-0.15, -0.1) is 5.10 Å². The molecule has 6 nitrogen and oxygen atoms in total. The van der Waals surface area contributed by atoms with Gasteiger partial charge < -0.3 is 5.11 Å². The monoisotopic (exact) mass is 260 g/mol. The topological polar surface area (TPSA) is 80.9 Å². The number of hydrogen-bond acceptors (Lipinski definition) is 4. The van der Waals surface area contributed by atoms with Crippen molar-refractivity contribution >= 4 is 5.97 Å². The molecule has 2 atom stereocenters. The second-order valence-electron chi connectivity index (χ2n) is 4.68. The normalized spacial score (nSPS) is 14.1. The van der Waals surface area contributed by atoms with Gasteiger partial charge in [0.25, 0.3) is 0 Å². The van der Waals surface area contributed by atoms with Crippen molar-refractivity contribution < 1.29 is 9.90 Å². The molecule has 2 rings (SSSR count). The molecule has 0 amide bonds. The number of hydrogen-bond donors (Lipinski definition) is 1. The molecule has 19 heavy (non-hydrogen) atoms. The molecule has 0 spiro atoms. The number of rotatable bonds is 4. The fourth-order valence-electron chi connectivity index (χ4n) is 1.86. The third-order valence-corrected chi connectivity index (χ3v) is 3.27. The highest BCUT2D eigenvalue weighted by molar-refractivity contribution is 5.70. The SMILES string of the molecule is Cc1cccc(-c2nnnn2C(C)C(C)C(=O)O)c1. The summed E-state index contributed by atoms with van der Waals surface area (Å²) >= 11 is 0. The molecule has 1 aromatic carbocycles. The fraction of sp³-hybridized carbons (Fsp3) is 0.385. The summed E-state index contributed by atoms with van der Waals surface area (Å²) in [6.45, 7) is 5.43. The van der Waals surface area contributed by atoms with Crippen LogP contribution >= 0.6 is 0 Å². The van der Waals surface area contributed by atoms with Crippen LogP contribution in [-0.4, -0.2) is 31.3 Å². The van der Waals surface area contributed by atoms with E-state index in [4.69, 9.17) is 5.11 Å². The van der Waals surface area contributed by atoms with Crippen LogP contribution in [-0.2, 0) is 4.79 Å². The Morgan fingerprint density at radius 1 is 1.37 bits per heavy atom. The first-order valence-electron chi connectivity index (χ1n) is 6.08. The van der Waals surface area contributed by atoms with Gasteiger partial charge in [0.05, 0.1) is 12.0 Å². The number of aromatic nitrogens is 4. The van der Waals surface area contributed by atoms with Crippen molar-refractivity contribution in [2.75, 3.05) is 0 Å². The Balaban J connectivity index is 2.40. The lowest BCUT2D eigenvalue weighted by molar-refractivity contribution is -0.142. The van der Waals surface area contributed by atoms with Gasteiger partial charge >= 0.3 is 5.97 Å². The zero-order valence-corrected chi connectivity index (χ0v) is 11.1. The molecule has 0 saturated carbocycles. The molecule has 100 valence electrons. The number of carboxylic acid groups (broad SMARTS) is 1. The van der Waals surface area contributed by atoms with Crippen molar-refractivity contribution in [1.82, 2.24) is 20.2 Å². The number of carboxylic acids is 1. The summed E-state index contributed by atoms with van der Waals surface area (Å²) in [5.41, 5.74) is 1.99. The highest BCUT2D eigenvalue weighted by atomic mass is 16.4. The van der Waals surface area contributed by atoms with Gasteiger partial charge in [-0.05, 0) is 37.3 Å². The molecule has 2 unspecified atom stereocenters. The second-order valence-corrected chi connectivity index (χ2v) is 4.68. The van der Waals surface area contributed by atoms with Gasteiger partial charge in [0, 0.05) is 5.56 Å². The van der Waals surface area contributed by atoms with Gasteiger partial charge in [0.1, 0.15) is 0 Å². The highest BCUT2D eigenvalue weighted by Crippen LogP contribution is 2.24. The average Bonchev–Trinajstić information content (AvgIpc) is 2.86. The van der Waals surface area contributed by atoms with Crippen molar-refractivity contribution in [2.45, 2.75) is 26.8 Å². The van der Waals surface area contributed by atoms with Gasteiger partial charge in [-0.25, -0.2) is 4.68 Å². The van der Waals surface area contributed by atoms with Gasteiger partial charge in [0.2, 0.25) is 0 Å². The van der Waals surface area contributed by atoms with E-state index >= 15 is 0 Å². The number of carbonyl (C=O) groups is 1. The molecule has 0 aliphatic carbocycles. The highest BCUT2D eigenvalue weighted by Gasteiger charge is 2.24. The van der Waals surface area contributed by atoms with Crippen LogP contribution in [0.2, 0.25) is 0 Å². The first kappa shape index (κ1) is 13.2. The minimum atomic E-state index is -0.863. The molecule has 1 N–H and O–H groups in total. The third kappa shape index (κ3) is 2.62. The summed E-state index contributed by atoms with van der Waals surface area (Å²) in [7, 11) is 0. The summed E-state index contributed by atoms with van der Waals surface area (Å²) < 4.78 is 1.56. The molecule has 0 aliphatic rings. The molecule has 0 saturated heterocycles. The molecule has 0 radical (unpaired) electrons. The van der Waals surface area contributed by atoms with Crippen molar-refractivity contribution in [3.8, 4) is 11.4 Å². The van der Waals surface area contributed by atoms with E-state index in [9.17, 15) is 4.79 Å². The Morgan fingerprint density at radius 3 is 2.74 bits per heavy atom. The summed E-state index contributed by atoms with van der Waals surface area (Å²) in [4.78, 5) is 11.1. The largest absolute Gasteiger partial charge is 0.481 e. The van der Waals surface area contributed by atoms with Crippen molar-refractivity contribution in [2.24, 2.45) is 5.92 Å². The Morgan fingerprint density at radius 2 is 2.11 bits per heavy atom. The number of aryl methyl sites for hydroxylation is 1. The first-order valence-corrected chi connectivity index (χ1v) is 6.08. The lowest BCUT2D eigenvalue weighted by Crippen LogP contribution is -2.23. The van der Waals surface area contributed by atoms with Crippen molar-refractivity contribution in [1.29, 1.82) is 0 Å². The second kappa shape index (κ2) is 5.17. The van der Waals surface area contributed by atoms with Crippen molar-refractivity contribution in [3.05, 3.63) is 29.8 Å². The van der Waals surface area contributed by atoms with E-state index in [1.807, 2.05) is 31.2 Å². The predicted molar refractivity (Wildman–Crippen MR) is 69.5 cm³/mol. The molecule has 2 aromatic rings. The van der Waals surface area contributed by atoms with Crippen molar-refractivity contribution in [3.63, 3.8) is 0 Å². The molecular formula is C13H16N4O2. The van der Waals surface area contributed by atoms with Crippen LogP contribution in [0.3, 0.4) is 0 Å². The Hall–Kier alpha value is -2.24. The van der Waals surface area contributed by atoms with E-state index in [1.165, 1.54) is 0 Å². The van der Waals surface area contributed by atoms with E-state index in [-0.39, 0.29) is 6.04 Å². The van der Waals surface area contributed by atoms with E-state index in [2.05, 4.69) is 15.5 Å². The molecule has 6 heteroatoms.